The molecule has 0 saturated carbocycles. The van der Waals surface area contributed by atoms with Crippen molar-refractivity contribution in [1.29, 1.82) is 0 Å². The summed E-state index contributed by atoms with van der Waals surface area (Å²) in [5, 5.41) is 3.69. The summed E-state index contributed by atoms with van der Waals surface area (Å²) < 4.78 is 5.25. The van der Waals surface area contributed by atoms with E-state index in [-0.39, 0.29) is 0 Å². The molecule has 0 fully saturated rings. The van der Waals surface area contributed by atoms with Crippen LogP contribution >= 0.6 is 23.4 Å². The molecular weight excluding hydrogens is 218 g/mol. The van der Waals surface area contributed by atoms with Gasteiger partial charge in [-0.1, -0.05) is 0 Å². The lowest BCUT2D eigenvalue weighted by molar-refractivity contribution is 0.532. The molecule has 1 unspecified atom stereocenters. The van der Waals surface area contributed by atoms with Gasteiger partial charge in [0.1, 0.15) is 5.76 Å². The molecule has 0 bridgehead atoms. The van der Waals surface area contributed by atoms with Crippen LogP contribution in [0.1, 0.15) is 19.1 Å². The highest BCUT2D eigenvalue weighted by molar-refractivity contribution is 7.98. The molecule has 0 radical (unpaired) electrons. The van der Waals surface area contributed by atoms with Gasteiger partial charge in [0.15, 0.2) is 5.22 Å². The van der Waals surface area contributed by atoms with E-state index < -0.39 is 0 Å². The van der Waals surface area contributed by atoms with Crippen molar-refractivity contribution >= 4 is 23.4 Å². The third-order valence-corrected chi connectivity index (χ3v) is 3.28. The Morgan fingerprint density at radius 3 is 2.93 bits per heavy atom. The monoisotopic (exact) mass is 233 g/mol. The number of rotatable bonds is 6. The fraction of sp³-hybridized carbons (Fsp3) is 0.600. The lowest BCUT2D eigenvalue weighted by atomic mass is 10.3. The molecule has 0 aliphatic carbocycles. The van der Waals surface area contributed by atoms with E-state index in [2.05, 4.69) is 12.2 Å². The normalized spacial score (nSPS) is 13.1. The molecule has 1 rings (SSSR count). The predicted octanol–water partition coefficient (Wildman–Crippen LogP) is 3.16. The van der Waals surface area contributed by atoms with Crippen LogP contribution in [0.25, 0.3) is 0 Å². The van der Waals surface area contributed by atoms with Gasteiger partial charge in [-0.15, -0.1) is 0 Å². The van der Waals surface area contributed by atoms with Gasteiger partial charge in [-0.25, -0.2) is 0 Å². The summed E-state index contributed by atoms with van der Waals surface area (Å²) in [6.45, 7) is 2.18. The molecule has 0 aliphatic rings. The maximum atomic E-state index is 5.66. The van der Waals surface area contributed by atoms with Crippen molar-refractivity contribution in [2.75, 3.05) is 12.8 Å². The van der Waals surface area contributed by atoms with E-state index in [9.17, 15) is 0 Å². The minimum absolute atomic E-state index is 0.476. The lowest BCUT2D eigenvalue weighted by Gasteiger charge is -2.08. The van der Waals surface area contributed by atoms with Crippen molar-refractivity contribution < 1.29 is 4.42 Å². The molecule has 0 spiro atoms. The number of thioether (sulfide) groups is 1. The summed E-state index contributed by atoms with van der Waals surface area (Å²) in [6.07, 6.45) is 1.18. The van der Waals surface area contributed by atoms with Gasteiger partial charge in [-0.05, 0) is 49.9 Å². The second kappa shape index (κ2) is 6.38. The fourth-order valence-corrected chi connectivity index (χ4v) is 2.19. The predicted molar refractivity (Wildman–Crippen MR) is 63.0 cm³/mol. The minimum Gasteiger partial charge on any atom is -0.449 e. The molecule has 4 heteroatoms. The van der Waals surface area contributed by atoms with Crippen LogP contribution in [0.5, 0.6) is 0 Å². The van der Waals surface area contributed by atoms with Gasteiger partial charge in [-0.2, -0.15) is 11.8 Å². The Hall–Kier alpha value is -0.120. The molecule has 2 nitrogen and oxygen atoms in total. The number of hydrogen-bond donors (Lipinski definition) is 1. The van der Waals surface area contributed by atoms with Crippen molar-refractivity contribution in [3.63, 3.8) is 0 Å². The van der Waals surface area contributed by atoms with Crippen molar-refractivity contribution in [2.45, 2.75) is 25.1 Å². The largest absolute Gasteiger partial charge is 0.449 e. The van der Waals surface area contributed by atoms with E-state index in [1.807, 2.05) is 24.9 Å². The topological polar surface area (TPSA) is 25.2 Å². The molecule has 1 aromatic heterocycles. The number of furan rings is 1. The third-order valence-electron chi connectivity index (χ3n) is 2.06. The summed E-state index contributed by atoms with van der Waals surface area (Å²) in [5.74, 6) is 3.00. The minimum atomic E-state index is 0.476. The molecular formula is C10H16ClNOS. The molecule has 1 N–H and O–H groups in total. The smallest absolute Gasteiger partial charge is 0.193 e. The second-order valence-corrected chi connectivity index (χ2v) is 4.71. The standard InChI is InChI=1S/C10H16ClNOS/c1-8(12-2)5-6-14-7-9-3-4-10(11)13-9/h3-4,8,12H,5-7H2,1-2H3. The van der Waals surface area contributed by atoms with E-state index in [1.165, 1.54) is 6.42 Å². The first-order valence-corrected chi connectivity index (χ1v) is 6.25. The molecule has 0 saturated heterocycles. The van der Waals surface area contributed by atoms with Gasteiger partial charge >= 0.3 is 0 Å². The van der Waals surface area contributed by atoms with E-state index in [0.29, 0.717) is 11.3 Å². The molecule has 14 heavy (non-hydrogen) atoms. The van der Waals surface area contributed by atoms with Crippen molar-refractivity contribution in [3.05, 3.63) is 23.1 Å². The van der Waals surface area contributed by atoms with Crippen LogP contribution in [0.15, 0.2) is 16.5 Å². The number of hydrogen-bond acceptors (Lipinski definition) is 3. The average molecular weight is 234 g/mol. The van der Waals surface area contributed by atoms with Gasteiger partial charge in [0.2, 0.25) is 0 Å². The van der Waals surface area contributed by atoms with Crippen LogP contribution < -0.4 is 5.32 Å². The zero-order valence-electron chi connectivity index (χ0n) is 8.55. The van der Waals surface area contributed by atoms with E-state index in [4.69, 9.17) is 16.0 Å². The molecule has 1 heterocycles. The number of halogens is 1. The van der Waals surface area contributed by atoms with Gasteiger partial charge in [0.25, 0.3) is 0 Å². The van der Waals surface area contributed by atoms with Crippen LogP contribution in [0.3, 0.4) is 0 Å². The highest BCUT2D eigenvalue weighted by Crippen LogP contribution is 2.19. The third kappa shape index (κ3) is 4.40. The van der Waals surface area contributed by atoms with Gasteiger partial charge in [0, 0.05) is 6.04 Å². The Bertz CT molecular complexity index is 264. The first kappa shape index (κ1) is 12.0. The highest BCUT2D eigenvalue weighted by atomic mass is 35.5. The molecule has 0 amide bonds. The molecule has 80 valence electrons. The Balaban J connectivity index is 2.10. The van der Waals surface area contributed by atoms with Crippen molar-refractivity contribution in [3.8, 4) is 0 Å². The molecule has 1 atom stereocenters. The van der Waals surface area contributed by atoms with Crippen LogP contribution in [-0.2, 0) is 5.75 Å². The maximum Gasteiger partial charge on any atom is 0.193 e. The van der Waals surface area contributed by atoms with Crippen molar-refractivity contribution in [1.82, 2.24) is 5.32 Å². The summed E-state index contributed by atoms with van der Waals surface area (Å²) in [4.78, 5) is 0. The van der Waals surface area contributed by atoms with E-state index >= 15 is 0 Å². The molecule has 1 aromatic rings. The SMILES string of the molecule is CNC(C)CCSCc1ccc(Cl)o1. The Morgan fingerprint density at radius 1 is 1.57 bits per heavy atom. The van der Waals surface area contributed by atoms with Crippen LogP contribution in [0, 0.1) is 0 Å². The summed E-state index contributed by atoms with van der Waals surface area (Å²) >= 11 is 7.53. The number of nitrogens with one attached hydrogen (secondary N) is 1. The highest BCUT2D eigenvalue weighted by Gasteiger charge is 2.01. The van der Waals surface area contributed by atoms with Crippen LogP contribution in [0.2, 0.25) is 5.22 Å². The zero-order chi connectivity index (χ0) is 10.4. The Kier molecular flexibility index (Phi) is 5.45. The second-order valence-electron chi connectivity index (χ2n) is 3.24. The Morgan fingerprint density at radius 2 is 2.36 bits per heavy atom. The van der Waals surface area contributed by atoms with E-state index in [1.54, 1.807) is 6.07 Å². The van der Waals surface area contributed by atoms with Crippen molar-refractivity contribution in [2.24, 2.45) is 0 Å². The maximum absolute atomic E-state index is 5.66. The zero-order valence-corrected chi connectivity index (χ0v) is 10.1. The molecule has 0 aliphatic heterocycles. The molecule has 0 aromatic carbocycles. The summed E-state index contributed by atoms with van der Waals surface area (Å²) in [5.41, 5.74) is 0. The summed E-state index contributed by atoms with van der Waals surface area (Å²) in [7, 11) is 1.99. The van der Waals surface area contributed by atoms with Gasteiger partial charge < -0.3 is 9.73 Å². The lowest BCUT2D eigenvalue weighted by Crippen LogP contribution is -2.21. The van der Waals surface area contributed by atoms with Crippen LogP contribution in [0.4, 0.5) is 0 Å². The quantitative estimate of drug-likeness (QED) is 0.765. The van der Waals surface area contributed by atoms with Gasteiger partial charge in [0.05, 0.1) is 5.75 Å². The first-order chi connectivity index (χ1) is 6.72. The first-order valence-electron chi connectivity index (χ1n) is 4.71. The fourth-order valence-electron chi connectivity index (χ4n) is 1.01. The Labute approximate surface area is 94.4 Å². The van der Waals surface area contributed by atoms with Gasteiger partial charge in [-0.3, -0.25) is 0 Å². The van der Waals surface area contributed by atoms with Crippen LogP contribution in [-0.4, -0.2) is 18.8 Å². The summed E-state index contributed by atoms with van der Waals surface area (Å²) in [6, 6.07) is 4.30. The van der Waals surface area contributed by atoms with E-state index in [0.717, 1.165) is 17.3 Å². The average Bonchev–Trinajstić information content (AvgIpc) is 2.58.